The fraction of sp³-hybridized carbons (Fsp3) is 0.750. The van der Waals surface area contributed by atoms with E-state index in [9.17, 15) is 18.7 Å². The predicted octanol–water partition coefficient (Wildman–Crippen LogP) is 3.15. The molecule has 0 spiro atoms. The maximum atomic E-state index is 13.9. The number of hydrogen-bond donors (Lipinski definition) is 1. The van der Waals surface area contributed by atoms with E-state index in [0.717, 1.165) is 6.08 Å². The Morgan fingerprint density at radius 2 is 2.00 bits per heavy atom. The summed E-state index contributed by atoms with van der Waals surface area (Å²) in [7, 11) is 0. The number of alkyl halides is 2. The fourth-order valence-corrected chi connectivity index (χ4v) is 2.49. The minimum atomic E-state index is -3.73. The van der Waals surface area contributed by atoms with Crippen molar-refractivity contribution in [3.05, 3.63) is 12.2 Å². The number of aliphatic hydroxyl groups is 1. The maximum absolute atomic E-state index is 13.9. The van der Waals surface area contributed by atoms with Gasteiger partial charge in [0.15, 0.2) is 5.60 Å². The van der Waals surface area contributed by atoms with Gasteiger partial charge in [-0.1, -0.05) is 44.7 Å². The molecule has 1 N–H and O–H groups in total. The van der Waals surface area contributed by atoms with Crippen LogP contribution in [-0.2, 0) is 4.79 Å². The summed E-state index contributed by atoms with van der Waals surface area (Å²) >= 11 is 0.573. The highest BCUT2D eigenvalue weighted by Gasteiger charge is 2.57. The number of rotatable bonds is 2. The van der Waals surface area contributed by atoms with Crippen LogP contribution in [0.25, 0.3) is 0 Å². The van der Waals surface area contributed by atoms with Crippen molar-refractivity contribution in [3.8, 4) is 0 Å². The van der Waals surface area contributed by atoms with Crippen LogP contribution in [0.4, 0.5) is 8.78 Å². The van der Waals surface area contributed by atoms with E-state index in [2.05, 4.69) is 0 Å². The van der Waals surface area contributed by atoms with E-state index in [-0.39, 0.29) is 6.42 Å². The standard InChI is InChI=1S/C12H18F2O2S/c1-10(2,3)17-9(15)12(13,14)11(16)7-5-4-6-8-11/h5,7,16H,4,6,8H2,1-3H3. The summed E-state index contributed by atoms with van der Waals surface area (Å²) in [6, 6.07) is 0. The molecule has 0 heterocycles. The Kier molecular flexibility index (Phi) is 4.04. The summed E-state index contributed by atoms with van der Waals surface area (Å²) in [5.41, 5.74) is -2.32. The Morgan fingerprint density at radius 3 is 2.41 bits per heavy atom. The Bertz CT molecular complexity index is 334. The van der Waals surface area contributed by atoms with Gasteiger partial charge in [-0.2, -0.15) is 8.78 Å². The second-order valence-electron chi connectivity index (χ2n) is 5.30. The molecular formula is C12H18F2O2S. The first-order chi connectivity index (χ1) is 7.58. The highest BCUT2D eigenvalue weighted by atomic mass is 32.2. The van der Waals surface area contributed by atoms with Gasteiger partial charge in [0, 0.05) is 4.75 Å². The molecule has 0 amide bonds. The molecule has 0 saturated heterocycles. The topological polar surface area (TPSA) is 37.3 Å². The zero-order valence-corrected chi connectivity index (χ0v) is 11.1. The van der Waals surface area contributed by atoms with Crippen LogP contribution in [0.1, 0.15) is 40.0 Å². The summed E-state index contributed by atoms with van der Waals surface area (Å²) in [6.45, 7) is 5.06. The Hall–Kier alpha value is -0.420. The minimum absolute atomic E-state index is 0.0764. The van der Waals surface area contributed by atoms with Crippen molar-refractivity contribution >= 4 is 16.9 Å². The van der Waals surface area contributed by atoms with Gasteiger partial charge in [0.2, 0.25) is 0 Å². The van der Waals surface area contributed by atoms with Crippen molar-refractivity contribution in [1.82, 2.24) is 0 Å². The Morgan fingerprint density at radius 1 is 1.41 bits per heavy atom. The summed E-state index contributed by atoms with van der Waals surface area (Å²) in [6.07, 6.45) is 3.63. The van der Waals surface area contributed by atoms with Gasteiger partial charge < -0.3 is 5.11 Å². The van der Waals surface area contributed by atoms with Crippen LogP contribution in [0.3, 0.4) is 0 Å². The van der Waals surface area contributed by atoms with Gasteiger partial charge in [-0.15, -0.1) is 0 Å². The number of carbonyl (C=O) groups is 1. The first-order valence-electron chi connectivity index (χ1n) is 5.60. The molecule has 0 saturated carbocycles. The molecule has 17 heavy (non-hydrogen) atoms. The van der Waals surface area contributed by atoms with Crippen molar-refractivity contribution in [2.75, 3.05) is 0 Å². The van der Waals surface area contributed by atoms with E-state index < -0.39 is 21.4 Å². The van der Waals surface area contributed by atoms with Crippen LogP contribution in [-0.4, -0.2) is 26.5 Å². The van der Waals surface area contributed by atoms with Gasteiger partial charge in [-0.3, -0.25) is 4.79 Å². The Labute approximate surface area is 104 Å². The van der Waals surface area contributed by atoms with Crippen LogP contribution in [0.2, 0.25) is 0 Å². The maximum Gasteiger partial charge on any atom is 0.346 e. The summed E-state index contributed by atoms with van der Waals surface area (Å²) in [5, 5.41) is 8.63. The molecule has 0 aromatic carbocycles. The average Bonchev–Trinajstić information content (AvgIpc) is 2.15. The lowest BCUT2D eigenvalue weighted by Gasteiger charge is -2.35. The molecule has 98 valence electrons. The normalized spacial score (nSPS) is 26.0. The molecule has 0 bridgehead atoms. The van der Waals surface area contributed by atoms with Crippen molar-refractivity contribution < 1.29 is 18.7 Å². The van der Waals surface area contributed by atoms with Crippen molar-refractivity contribution in [2.24, 2.45) is 0 Å². The molecule has 1 unspecified atom stereocenters. The summed E-state index contributed by atoms with van der Waals surface area (Å²) in [4.78, 5) is 11.6. The molecule has 0 aliphatic heterocycles. The first-order valence-corrected chi connectivity index (χ1v) is 6.41. The molecule has 1 rings (SSSR count). The molecule has 5 heteroatoms. The largest absolute Gasteiger partial charge is 0.379 e. The molecule has 0 aromatic rings. The molecule has 0 radical (unpaired) electrons. The molecule has 1 aliphatic rings. The van der Waals surface area contributed by atoms with E-state index in [0.29, 0.717) is 24.6 Å². The van der Waals surface area contributed by atoms with Gasteiger partial charge in [0.25, 0.3) is 5.12 Å². The highest BCUT2D eigenvalue weighted by molar-refractivity contribution is 8.14. The number of allylic oxidation sites excluding steroid dienone is 1. The smallest absolute Gasteiger partial charge is 0.346 e. The molecule has 0 aromatic heterocycles. The van der Waals surface area contributed by atoms with Crippen LogP contribution in [0.5, 0.6) is 0 Å². The number of carbonyl (C=O) groups excluding carboxylic acids is 1. The average molecular weight is 264 g/mol. The molecular weight excluding hydrogens is 246 g/mol. The zero-order chi connectivity index (χ0) is 13.3. The van der Waals surface area contributed by atoms with Crippen LogP contribution in [0.15, 0.2) is 12.2 Å². The van der Waals surface area contributed by atoms with Crippen LogP contribution >= 0.6 is 11.8 Å². The molecule has 0 fully saturated rings. The lowest BCUT2D eigenvalue weighted by molar-refractivity contribution is -0.170. The quantitative estimate of drug-likeness (QED) is 0.778. The minimum Gasteiger partial charge on any atom is -0.379 e. The van der Waals surface area contributed by atoms with E-state index in [1.54, 1.807) is 20.8 Å². The van der Waals surface area contributed by atoms with Crippen LogP contribution in [0, 0.1) is 0 Å². The Balaban J connectivity index is 2.90. The number of halogens is 2. The van der Waals surface area contributed by atoms with Crippen molar-refractivity contribution in [3.63, 3.8) is 0 Å². The van der Waals surface area contributed by atoms with Crippen molar-refractivity contribution in [2.45, 2.75) is 56.3 Å². The van der Waals surface area contributed by atoms with Gasteiger partial charge >= 0.3 is 5.92 Å². The third kappa shape index (κ3) is 3.28. The first kappa shape index (κ1) is 14.6. The third-order valence-corrected chi connectivity index (χ3v) is 3.58. The van der Waals surface area contributed by atoms with E-state index in [1.165, 1.54) is 6.08 Å². The van der Waals surface area contributed by atoms with Gasteiger partial charge in [-0.25, -0.2) is 0 Å². The van der Waals surface area contributed by atoms with E-state index in [4.69, 9.17) is 0 Å². The lowest BCUT2D eigenvalue weighted by Crippen LogP contribution is -2.52. The lowest BCUT2D eigenvalue weighted by atomic mass is 9.86. The number of hydrogen-bond acceptors (Lipinski definition) is 3. The molecule has 1 atom stereocenters. The zero-order valence-electron chi connectivity index (χ0n) is 10.3. The fourth-order valence-electron chi connectivity index (χ4n) is 1.63. The predicted molar refractivity (Wildman–Crippen MR) is 65.2 cm³/mol. The van der Waals surface area contributed by atoms with Gasteiger partial charge in [-0.05, 0) is 19.3 Å². The summed E-state index contributed by atoms with van der Waals surface area (Å²) in [5.74, 6) is -3.73. The number of thioether (sulfide) groups is 1. The SMILES string of the molecule is CC(C)(C)SC(=O)C(F)(F)C1(O)C=CCCC1. The van der Waals surface area contributed by atoms with E-state index >= 15 is 0 Å². The van der Waals surface area contributed by atoms with Gasteiger partial charge in [0.05, 0.1) is 0 Å². The molecule has 1 aliphatic carbocycles. The second-order valence-corrected chi connectivity index (χ2v) is 7.09. The van der Waals surface area contributed by atoms with Crippen molar-refractivity contribution in [1.29, 1.82) is 0 Å². The monoisotopic (exact) mass is 264 g/mol. The summed E-state index contributed by atoms with van der Waals surface area (Å²) < 4.78 is 27.3. The van der Waals surface area contributed by atoms with Gasteiger partial charge in [0.1, 0.15) is 0 Å². The van der Waals surface area contributed by atoms with E-state index in [1.807, 2.05) is 0 Å². The highest BCUT2D eigenvalue weighted by Crippen LogP contribution is 2.42. The molecule has 2 nitrogen and oxygen atoms in total. The van der Waals surface area contributed by atoms with Crippen LogP contribution < -0.4 is 0 Å². The second kappa shape index (κ2) is 4.69. The third-order valence-electron chi connectivity index (χ3n) is 2.52.